The number of carbonyl (C=O) groups excluding carboxylic acids is 1. The van der Waals surface area contributed by atoms with E-state index in [1.807, 2.05) is 45.9 Å². The van der Waals surface area contributed by atoms with Gasteiger partial charge in [0.1, 0.15) is 0 Å². The van der Waals surface area contributed by atoms with Crippen LogP contribution in [0.25, 0.3) is 0 Å². The van der Waals surface area contributed by atoms with E-state index in [9.17, 15) is 4.79 Å². The lowest BCUT2D eigenvalue weighted by Gasteiger charge is -2.09. The number of aromatic nitrogens is 2. The number of nitrogens with one attached hydrogen (secondary N) is 1. The molecule has 2 aromatic rings. The van der Waals surface area contributed by atoms with Crippen molar-refractivity contribution >= 4 is 11.6 Å². The van der Waals surface area contributed by atoms with Crippen LogP contribution in [0.5, 0.6) is 0 Å². The van der Waals surface area contributed by atoms with Gasteiger partial charge in [0.2, 0.25) is 0 Å². The molecule has 0 fully saturated rings. The fraction of sp³-hybridized carbons (Fsp3) is 0.333. The summed E-state index contributed by atoms with van der Waals surface area (Å²) in [5.74, 6) is -0.106. The van der Waals surface area contributed by atoms with E-state index in [0.717, 1.165) is 23.5 Å². The normalized spacial score (nSPS) is 10.5. The molecule has 19 heavy (non-hydrogen) atoms. The molecule has 0 aliphatic carbocycles. The third kappa shape index (κ3) is 2.67. The van der Waals surface area contributed by atoms with Crippen molar-refractivity contribution in [3.05, 3.63) is 46.8 Å². The van der Waals surface area contributed by atoms with Crippen LogP contribution in [-0.4, -0.2) is 15.7 Å². The van der Waals surface area contributed by atoms with E-state index >= 15 is 0 Å². The van der Waals surface area contributed by atoms with Crippen LogP contribution in [0.2, 0.25) is 0 Å². The van der Waals surface area contributed by atoms with Crippen molar-refractivity contribution in [1.29, 1.82) is 0 Å². The van der Waals surface area contributed by atoms with Crippen LogP contribution in [0.1, 0.15) is 34.1 Å². The van der Waals surface area contributed by atoms with E-state index in [2.05, 4.69) is 10.4 Å². The molecule has 0 saturated heterocycles. The summed E-state index contributed by atoms with van der Waals surface area (Å²) >= 11 is 0. The highest BCUT2D eigenvalue weighted by molar-refractivity contribution is 6.05. The van der Waals surface area contributed by atoms with Gasteiger partial charge >= 0.3 is 0 Å². The maximum absolute atomic E-state index is 12.3. The van der Waals surface area contributed by atoms with Gasteiger partial charge in [0.05, 0.1) is 11.3 Å². The molecule has 0 spiro atoms. The minimum atomic E-state index is -0.106. The van der Waals surface area contributed by atoms with Gasteiger partial charge in [0.15, 0.2) is 0 Å². The molecule has 1 amide bonds. The van der Waals surface area contributed by atoms with E-state index < -0.39 is 0 Å². The van der Waals surface area contributed by atoms with Crippen molar-refractivity contribution in [1.82, 2.24) is 9.78 Å². The third-order valence-electron chi connectivity index (χ3n) is 3.37. The molecule has 1 heterocycles. The molecule has 0 aliphatic rings. The van der Waals surface area contributed by atoms with E-state index in [1.165, 1.54) is 5.56 Å². The van der Waals surface area contributed by atoms with Crippen LogP contribution in [0.3, 0.4) is 0 Å². The molecule has 1 aromatic heterocycles. The second-order valence-electron chi connectivity index (χ2n) is 4.69. The molecule has 0 bridgehead atoms. The minimum Gasteiger partial charge on any atom is -0.322 e. The summed E-state index contributed by atoms with van der Waals surface area (Å²) in [4.78, 5) is 12.3. The van der Waals surface area contributed by atoms with Gasteiger partial charge in [-0.05, 0) is 44.9 Å². The predicted octanol–water partition coefficient (Wildman–Crippen LogP) is 3.08. The van der Waals surface area contributed by atoms with Gasteiger partial charge in [-0.1, -0.05) is 12.1 Å². The van der Waals surface area contributed by atoms with E-state index in [-0.39, 0.29) is 5.91 Å². The van der Waals surface area contributed by atoms with E-state index in [1.54, 1.807) is 10.9 Å². The molecule has 2 rings (SSSR count). The number of hydrogen-bond donors (Lipinski definition) is 1. The molecule has 0 atom stereocenters. The number of aryl methyl sites for hydroxylation is 3. The Morgan fingerprint density at radius 1 is 1.32 bits per heavy atom. The zero-order chi connectivity index (χ0) is 14.0. The summed E-state index contributed by atoms with van der Waals surface area (Å²) in [5.41, 5.74) is 4.50. The number of benzene rings is 1. The largest absolute Gasteiger partial charge is 0.322 e. The standard InChI is InChI=1S/C15H19N3O/c1-5-18-9-13(12(4)17-18)15(19)16-14-8-6-7-10(2)11(14)3/h6-9H,5H2,1-4H3,(H,16,19). The number of nitrogens with zero attached hydrogens (tertiary/aromatic N) is 2. The lowest BCUT2D eigenvalue weighted by atomic mass is 10.1. The summed E-state index contributed by atoms with van der Waals surface area (Å²) in [7, 11) is 0. The van der Waals surface area contributed by atoms with Crippen molar-refractivity contribution in [2.75, 3.05) is 5.32 Å². The van der Waals surface area contributed by atoms with Crippen molar-refractivity contribution in [2.45, 2.75) is 34.2 Å². The van der Waals surface area contributed by atoms with Gasteiger partial charge in [-0.15, -0.1) is 0 Å². The SMILES string of the molecule is CCn1cc(C(=O)Nc2cccc(C)c2C)c(C)n1. The summed E-state index contributed by atoms with van der Waals surface area (Å²) < 4.78 is 1.77. The Labute approximate surface area is 113 Å². The Hall–Kier alpha value is -2.10. The van der Waals surface area contributed by atoms with Crippen molar-refractivity contribution < 1.29 is 4.79 Å². The molecule has 100 valence electrons. The summed E-state index contributed by atoms with van der Waals surface area (Å²) in [6.45, 7) is 8.65. The van der Waals surface area contributed by atoms with Crippen LogP contribution in [-0.2, 0) is 6.54 Å². The highest BCUT2D eigenvalue weighted by atomic mass is 16.1. The Kier molecular flexibility index (Phi) is 3.69. The first-order valence-electron chi connectivity index (χ1n) is 6.44. The third-order valence-corrected chi connectivity index (χ3v) is 3.37. The Balaban J connectivity index is 2.25. The molecule has 4 heteroatoms. The molecular formula is C15H19N3O. The lowest BCUT2D eigenvalue weighted by Crippen LogP contribution is -2.13. The van der Waals surface area contributed by atoms with E-state index in [4.69, 9.17) is 0 Å². The fourth-order valence-electron chi connectivity index (χ4n) is 1.98. The number of amides is 1. The molecule has 0 saturated carbocycles. The molecule has 1 N–H and O–H groups in total. The van der Waals surface area contributed by atoms with Gasteiger partial charge in [0, 0.05) is 18.4 Å². The quantitative estimate of drug-likeness (QED) is 0.918. The molecule has 1 aromatic carbocycles. The van der Waals surface area contributed by atoms with Gasteiger partial charge in [-0.25, -0.2) is 0 Å². The van der Waals surface area contributed by atoms with Crippen LogP contribution in [0.15, 0.2) is 24.4 Å². The Bertz CT molecular complexity index is 614. The number of carbonyl (C=O) groups is 1. The second kappa shape index (κ2) is 5.26. The highest BCUT2D eigenvalue weighted by Gasteiger charge is 2.14. The zero-order valence-electron chi connectivity index (χ0n) is 11.8. The summed E-state index contributed by atoms with van der Waals surface area (Å²) in [6.07, 6.45) is 1.79. The van der Waals surface area contributed by atoms with Crippen LogP contribution in [0, 0.1) is 20.8 Å². The van der Waals surface area contributed by atoms with Crippen molar-refractivity contribution in [2.24, 2.45) is 0 Å². The molecule has 0 radical (unpaired) electrons. The number of rotatable bonds is 3. The van der Waals surface area contributed by atoms with Crippen LogP contribution >= 0.6 is 0 Å². The van der Waals surface area contributed by atoms with Crippen LogP contribution in [0.4, 0.5) is 5.69 Å². The van der Waals surface area contributed by atoms with Gasteiger partial charge in [-0.2, -0.15) is 5.10 Å². The molecule has 4 nitrogen and oxygen atoms in total. The first-order valence-corrected chi connectivity index (χ1v) is 6.44. The lowest BCUT2D eigenvalue weighted by molar-refractivity contribution is 0.102. The first-order chi connectivity index (χ1) is 9.02. The minimum absolute atomic E-state index is 0.106. The predicted molar refractivity (Wildman–Crippen MR) is 76.5 cm³/mol. The van der Waals surface area contributed by atoms with Crippen molar-refractivity contribution in [3.8, 4) is 0 Å². The fourth-order valence-corrected chi connectivity index (χ4v) is 1.98. The summed E-state index contributed by atoms with van der Waals surface area (Å²) in [5, 5.41) is 7.24. The highest BCUT2D eigenvalue weighted by Crippen LogP contribution is 2.19. The summed E-state index contributed by atoms with van der Waals surface area (Å²) in [6, 6.07) is 5.89. The maximum atomic E-state index is 12.3. The smallest absolute Gasteiger partial charge is 0.259 e. The van der Waals surface area contributed by atoms with Crippen molar-refractivity contribution in [3.63, 3.8) is 0 Å². The van der Waals surface area contributed by atoms with Gasteiger partial charge < -0.3 is 5.32 Å². The van der Waals surface area contributed by atoms with Gasteiger partial charge in [-0.3, -0.25) is 9.48 Å². The maximum Gasteiger partial charge on any atom is 0.259 e. The monoisotopic (exact) mass is 257 g/mol. The average molecular weight is 257 g/mol. The topological polar surface area (TPSA) is 46.9 Å². The second-order valence-corrected chi connectivity index (χ2v) is 4.69. The number of hydrogen-bond acceptors (Lipinski definition) is 2. The molecular weight excluding hydrogens is 238 g/mol. The average Bonchev–Trinajstić information content (AvgIpc) is 2.76. The van der Waals surface area contributed by atoms with Crippen LogP contribution < -0.4 is 5.32 Å². The zero-order valence-corrected chi connectivity index (χ0v) is 11.8. The Morgan fingerprint density at radius 2 is 2.05 bits per heavy atom. The number of anilines is 1. The van der Waals surface area contributed by atoms with E-state index in [0.29, 0.717) is 5.56 Å². The molecule has 0 unspecified atom stereocenters. The Morgan fingerprint density at radius 3 is 2.68 bits per heavy atom. The molecule has 0 aliphatic heterocycles. The van der Waals surface area contributed by atoms with Gasteiger partial charge in [0.25, 0.3) is 5.91 Å². The first kappa shape index (κ1) is 13.3.